The smallest absolute Gasteiger partial charge is 0.330 e. The van der Waals surface area contributed by atoms with Gasteiger partial charge in [-0.2, -0.15) is 0 Å². The van der Waals surface area contributed by atoms with Gasteiger partial charge in [0.2, 0.25) is 0 Å². The maximum atomic E-state index is 11.2. The highest BCUT2D eigenvalue weighted by Gasteiger charge is 2.45. The van der Waals surface area contributed by atoms with E-state index in [-0.39, 0.29) is 23.3 Å². The fourth-order valence-corrected chi connectivity index (χ4v) is 6.43. The van der Waals surface area contributed by atoms with Crippen molar-refractivity contribution in [3.8, 4) is 0 Å². The fraction of sp³-hybridized carbons (Fsp3) is 0.800. The van der Waals surface area contributed by atoms with Gasteiger partial charge in [0.25, 0.3) is 0 Å². The molecule has 10 heteroatoms. The summed E-state index contributed by atoms with van der Waals surface area (Å²) in [7, 11) is 0. The Morgan fingerprint density at radius 1 is 0.778 bits per heavy atom. The molecule has 262 valence electrons. The minimum absolute atomic E-state index is 0.00821. The van der Waals surface area contributed by atoms with Gasteiger partial charge in [-0.15, -0.1) is 0 Å². The molecule has 1 saturated heterocycles. The van der Waals surface area contributed by atoms with Gasteiger partial charge in [0.05, 0.1) is 24.9 Å². The zero-order valence-electron chi connectivity index (χ0n) is 29.0. The van der Waals surface area contributed by atoms with Crippen LogP contribution in [0.25, 0.3) is 0 Å². The van der Waals surface area contributed by atoms with Gasteiger partial charge in [-0.1, -0.05) is 73.1 Å². The number of carbonyl (C=O) groups is 1. The number of carboxylic acids is 1. The lowest BCUT2D eigenvalue weighted by atomic mass is 9.82. The van der Waals surface area contributed by atoms with E-state index in [1.54, 1.807) is 19.9 Å². The summed E-state index contributed by atoms with van der Waals surface area (Å²) in [5.41, 5.74) is 1.46. The molecule has 1 rings (SSSR count). The summed E-state index contributed by atoms with van der Waals surface area (Å²) >= 11 is 0. The number of aliphatic carboxylic acids is 1. The summed E-state index contributed by atoms with van der Waals surface area (Å²) in [6, 6.07) is 0. The molecule has 1 heterocycles. The van der Waals surface area contributed by atoms with Crippen LogP contribution in [0.4, 0.5) is 0 Å². The monoisotopic (exact) mass is 642 g/mol. The molecule has 0 bridgehead atoms. The molecule has 1 aliphatic rings. The van der Waals surface area contributed by atoms with Crippen LogP contribution >= 0.6 is 0 Å². The second-order valence-corrected chi connectivity index (χ2v) is 13.8. The van der Waals surface area contributed by atoms with Crippen LogP contribution in [0.2, 0.25) is 0 Å². The van der Waals surface area contributed by atoms with Crippen molar-refractivity contribution in [3.63, 3.8) is 0 Å². The summed E-state index contributed by atoms with van der Waals surface area (Å²) in [4.78, 5) is 11.2. The molecular formula is C35H62O10. The lowest BCUT2D eigenvalue weighted by Gasteiger charge is -2.42. The summed E-state index contributed by atoms with van der Waals surface area (Å²) in [5.74, 6) is -1.13. The van der Waals surface area contributed by atoms with Gasteiger partial charge in [-0.05, 0) is 62.5 Å². The second-order valence-electron chi connectivity index (χ2n) is 13.8. The average Bonchev–Trinajstić information content (AvgIpc) is 2.97. The quantitative estimate of drug-likeness (QED) is 0.0859. The van der Waals surface area contributed by atoms with E-state index >= 15 is 0 Å². The van der Waals surface area contributed by atoms with Crippen LogP contribution in [-0.2, 0) is 14.3 Å². The van der Waals surface area contributed by atoms with E-state index in [1.165, 1.54) is 13.0 Å². The number of ether oxygens (including phenoxy) is 2. The van der Waals surface area contributed by atoms with E-state index in [2.05, 4.69) is 27.7 Å². The molecule has 0 aliphatic carbocycles. The standard InChI is InChI=1S/C35H62O10/c1-11-18(2)12-19(3)13-24(8)33(45-35-32(41)31(40)30(39)27(17-36)44-35)25(9)15-22(6)28(37)20(4)14-21(5)29(38)23(7)16-26(10)34(42)43/h14-16,18-20,23-25,27-33,35-41H,11-13,17H2,1-10H3,(H,42,43). The van der Waals surface area contributed by atoms with Crippen LogP contribution < -0.4 is 0 Å². The van der Waals surface area contributed by atoms with E-state index < -0.39 is 67.5 Å². The van der Waals surface area contributed by atoms with Crippen molar-refractivity contribution in [1.82, 2.24) is 0 Å². The molecule has 1 fully saturated rings. The van der Waals surface area contributed by atoms with Crippen molar-refractivity contribution < 1.29 is 50.0 Å². The van der Waals surface area contributed by atoms with Crippen molar-refractivity contribution in [1.29, 1.82) is 0 Å². The first-order valence-corrected chi connectivity index (χ1v) is 16.5. The molecule has 0 spiro atoms. The molecular weight excluding hydrogens is 580 g/mol. The van der Waals surface area contributed by atoms with Gasteiger partial charge in [-0.3, -0.25) is 0 Å². The Bertz CT molecular complexity index is 991. The van der Waals surface area contributed by atoms with Crippen molar-refractivity contribution in [2.24, 2.45) is 35.5 Å². The zero-order valence-corrected chi connectivity index (χ0v) is 29.0. The van der Waals surface area contributed by atoms with Crippen LogP contribution in [0, 0.1) is 35.5 Å². The summed E-state index contributed by atoms with van der Waals surface area (Å²) < 4.78 is 12.0. The zero-order chi connectivity index (χ0) is 34.8. The van der Waals surface area contributed by atoms with E-state index in [9.17, 15) is 35.4 Å². The molecule has 0 aromatic heterocycles. The van der Waals surface area contributed by atoms with Gasteiger partial charge >= 0.3 is 5.97 Å². The second kappa shape index (κ2) is 19.3. The Hall–Kier alpha value is -1.63. The van der Waals surface area contributed by atoms with Crippen molar-refractivity contribution in [3.05, 3.63) is 34.9 Å². The topological polar surface area (TPSA) is 177 Å². The number of aliphatic hydroxyl groups excluding tert-OH is 6. The Morgan fingerprint density at radius 2 is 1.29 bits per heavy atom. The van der Waals surface area contributed by atoms with Crippen molar-refractivity contribution >= 4 is 5.97 Å². The molecule has 10 nitrogen and oxygen atoms in total. The van der Waals surface area contributed by atoms with Gasteiger partial charge in [0.15, 0.2) is 6.29 Å². The van der Waals surface area contributed by atoms with E-state index in [4.69, 9.17) is 14.6 Å². The highest BCUT2D eigenvalue weighted by molar-refractivity contribution is 5.85. The fourth-order valence-electron chi connectivity index (χ4n) is 6.43. The third-order valence-corrected chi connectivity index (χ3v) is 9.33. The maximum absolute atomic E-state index is 11.2. The maximum Gasteiger partial charge on any atom is 0.330 e. The first-order valence-electron chi connectivity index (χ1n) is 16.5. The van der Waals surface area contributed by atoms with Crippen molar-refractivity contribution in [2.75, 3.05) is 6.61 Å². The van der Waals surface area contributed by atoms with Gasteiger partial charge in [0, 0.05) is 23.3 Å². The Kier molecular flexibility index (Phi) is 17.7. The third kappa shape index (κ3) is 12.5. The van der Waals surface area contributed by atoms with E-state index in [0.717, 1.165) is 19.3 Å². The molecule has 14 atom stereocenters. The Morgan fingerprint density at radius 3 is 1.78 bits per heavy atom. The highest BCUT2D eigenvalue weighted by Crippen LogP contribution is 2.33. The van der Waals surface area contributed by atoms with Crippen LogP contribution in [-0.4, -0.2) is 97.3 Å². The van der Waals surface area contributed by atoms with Gasteiger partial charge in [-0.25, -0.2) is 4.79 Å². The third-order valence-electron chi connectivity index (χ3n) is 9.33. The number of aliphatic hydroxyl groups is 6. The summed E-state index contributed by atoms with van der Waals surface area (Å²) in [5, 5.41) is 72.1. The number of rotatable bonds is 18. The van der Waals surface area contributed by atoms with E-state index in [0.29, 0.717) is 23.0 Å². The SMILES string of the molecule is CCC(C)CC(C)CC(C)C(OC1OC(CO)C(O)C(O)C1O)C(C)C=C(C)C(O)C(C)C=C(C)C(O)C(C)C=C(C)C(=O)O. The lowest BCUT2D eigenvalue weighted by Crippen LogP contribution is -2.60. The van der Waals surface area contributed by atoms with E-state index in [1.807, 2.05) is 26.8 Å². The molecule has 7 N–H and O–H groups in total. The summed E-state index contributed by atoms with van der Waals surface area (Å²) in [6.45, 7) is 18.7. The molecule has 1 aliphatic heterocycles. The predicted octanol–water partition coefficient (Wildman–Crippen LogP) is 3.82. The summed E-state index contributed by atoms with van der Waals surface area (Å²) in [6.07, 6.45) is -1.000. The Labute approximate surface area is 270 Å². The first-order chi connectivity index (χ1) is 20.9. The lowest BCUT2D eigenvalue weighted by molar-refractivity contribution is -0.317. The van der Waals surface area contributed by atoms with Crippen LogP contribution in [0.5, 0.6) is 0 Å². The van der Waals surface area contributed by atoms with Crippen LogP contribution in [0.3, 0.4) is 0 Å². The molecule has 0 amide bonds. The van der Waals surface area contributed by atoms with Crippen molar-refractivity contribution in [2.45, 2.75) is 138 Å². The average molecular weight is 643 g/mol. The molecule has 0 saturated carbocycles. The minimum Gasteiger partial charge on any atom is -0.478 e. The minimum atomic E-state index is -1.55. The first kappa shape index (κ1) is 41.4. The number of carboxylic acid groups (broad SMARTS) is 1. The van der Waals surface area contributed by atoms with Crippen LogP contribution in [0.1, 0.15) is 88.5 Å². The number of hydrogen-bond acceptors (Lipinski definition) is 9. The van der Waals surface area contributed by atoms with Gasteiger partial charge in [0.1, 0.15) is 24.4 Å². The molecule has 0 radical (unpaired) electrons. The predicted molar refractivity (Wildman–Crippen MR) is 174 cm³/mol. The van der Waals surface area contributed by atoms with Gasteiger partial charge < -0.3 is 45.2 Å². The van der Waals surface area contributed by atoms with Crippen LogP contribution in [0.15, 0.2) is 34.9 Å². The molecule has 0 aromatic carbocycles. The Balaban J connectivity index is 3.23. The largest absolute Gasteiger partial charge is 0.478 e. The molecule has 0 aromatic rings. The molecule has 45 heavy (non-hydrogen) atoms. The molecule has 14 unspecified atom stereocenters. The normalized spacial score (nSPS) is 29.7. The number of hydrogen-bond donors (Lipinski definition) is 7. The highest BCUT2D eigenvalue weighted by atomic mass is 16.7.